The SMILES string of the molecule is COc1ccc(C(=O)NCC(=O)c2ccc(OC)c(-c3cccc4c(F)cccc34)n2)cc1OC. The lowest BCUT2D eigenvalue weighted by molar-refractivity contribution is 0.0902. The zero-order valence-corrected chi connectivity index (χ0v) is 19.4. The van der Waals surface area contributed by atoms with Gasteiger partial charge in [0.1, 0.15) is 23.0 Å². The molecule has 7 nitrogen and oxygen atoms in total. The normalized spacial score (nSPS) is 10.6. The smallest absolute Gasteiger partial charge is 0.251 e. The van der Waals surface area contributed by atoms with Gasteiger partial charge in [0.25, 0.3) is 5.91 Å². The van der Waals surface area contributed by atoms with E-state index in [4.69, 9.17) is 14.2 Å². The third-order valence-electron chi connectivity index (χ3n) is 5.54. The second-order valence-electron chi connectivity index (χ2n) is 7.56. The molecular formula is C27H23FN2O5. The third-order valence-corrected chi connectivity index (χ3v) is 5.54. The topological polar surface area (TPSA) is 86.8 Å². The number of carbonyl (C=O) groups excluding carboxylic acids is 2. The molecule has 0 aliphatic heterocycles. The van der Waals surface area contributed by atoms with Crippen LogP contribution in [0.1, 0.15) is 20.8 Å². The monoisotopic (exact) mass is 474 g/mol. The zero-order valence-electron chi connectivity index (χ0n) is 19.4. The van der Waals surface area contributed by atoms with E-state index < -0.39 is 11.7 Å². The molecule has 0 aliphatic rings. The first kappa shape index (κ1) is 23.7. The second-order valence-corrected chi connectivity index (χ2v) is 7.56. The zero-order chi connectivity index (χ0) is 24.9. The highest BCUT2D eigenvalue weighted by Gasteiger charge is 2.18. The van der Waals surface area contributed by atoms with Crippen LogP contribution in [-0.2, 0) is 0 Å². The van der Waals surface area contributed by atoms with Crippen LogP contribution in [0.3, 0.4) is 0 Å². The number of Topliss-reactive ketones (excluding diaryl/α,β-unsaturated/α-hetero) is 1. The average Bonchev–Trinajstić information content (AvgIpc) is 2.90. The van der Waals surface area contributed by atoms with Crippen molar-refractivity contribution >= 4 is 22.5 Å². The lowest BCUT2D eigenvalue weighted by Gasteiger charge is -2.13. The number of rotatable bonds is 8. The van der Waals surface area contributed by atoms with Crippen molar-refractivity contribution < 1.29 is 28.2 Å². The number of carbonyl (C=O) groups is 2. The molecule has 0 atom stereocenters. The molecule has 1 aromatic heterocycles. The van der Waals surface area contributed by atoms with E-state index >= 15 is 0 Å². The van der Waals surface area contributed by atoms with Gasteiger partial charge < -0.3 is 19.5 Å². The Kier molecular flexibility index (Phi) is 6.91. The lowest BCUT2D eigenvalue weighted by Crippen LogP contribution is -2.30. The van der Waals surface area contributed by atoms with Gasteiger partial charge in [0.15, 0.2) is 17.3 Å². The van der Waals surface area contributed by atoms with Crippen molar-refractivity contribution in [3.63, 3.8) is 0 Å². The molecule has 8 heteroatoms. The van der Waals surface area contributed by atoms with E-state index in [1.54, 1.807) is 48.5 Å². The first-order valence-corrected chi connectivity index (χ1v) is 10.7. The summed E-state index contributed by atoms with van der Waals surface area (Å²) >= 11 is 0. The number of amides is 1. The number of nitrogens with one attached hydrogen (secondary N) is 1. The van der Waals surface area contributed by atoms with Crippen LogP contribution >= 0.6 is 0 Å². The van der Waals surface area contributed by atoms with E-state index in [9.17, 15) is 14.0 Å². The van der Waals surface area contributed by atoms with Crippen molar-refractivity contribution in [1.82, 2.24) is 10.3 Å². The minimum Gasteiger partial charge on any atom is -0.494 e. The van der Waals surface area contributed by atoms with Gasteiger partial charge in [0.2, 0.25) is 0 Å². The summed E-state index contributed by atoms with van der Waals surface area (Å²) in [5, 5.41) is 3.69. The first-order valence-electron chi connectivity index (χ1n) is 10.7. The molecule has 0 unspecified atom stereocenters. The van der Waals surface area contributed by atoms with Crippen LogP contribution in [0.2, 0.25) is 0 Å². The fourth-order valence-electron chi connectivity index (χ4n) is 3.77. The molecule has 4 aromatic rings. The lowest BCUT2D eigenvalue weighted by atomic mass is 10.0. The van der Waals surface area contributed by atoms with Crippen LogP contribution in [0.4, 0.5) is 4.39 Å². The number of pyridine rings is 1. The largest absolute Gasteiger partial charge is 0.494 e. The molecule has 0 fully saturated rings. The number of hydrogen-bond acceptors (Lipinski definition) is 6. The van der Waals surface area contributed by atoms with Gasteiger partial charge in [-0.2, -0.15) is 0 Å². The summed E-state index contributed by atoms with van der Waals surface area (Å²) in [6.07, 6.45) is 0. The van der Waals surface area contributed by atoms with Crippen molar-refractivity contribution in [1.29, 1.82) is 0 Å². The summed E-state index contributed by atoms with van der Waals surface area (Å²) in [6.45, 7) is -0.268. The molecule has 0 saturated carbocycles. The Bertz CT molecular complexity index is 1420. The summed E-state index contributed by atoms with van der Waals surface area (Å²) in [6, 6.07) is 17.9. The van der Waals surface area contributed by atoms with Crippen molar-refractivity contribution in [2.75, 3.05) is 27.9 Å². The maximum absolute atomic E-state index is 14.3. The van der Waals surface area contributed by atoms with Crippen molar-refractivity contribution in [2.24, 2.45) is 0 Å². The predicted molar refractivity (Wildman–Crippen MR) is 130 cm³/mol. The summed E-state index contributed by atoms with van der Waals surface area (Å²) in [5.41, 5.74) is 1.49. The van der Waals surface area contributed by atoms with Gasteiger partial charge in [-0.15, -0.1) is 0 Å². The minimum absolute atomic E-state index is 0.141. The maximum atomic E-state index is 14.3. The van der Waals surface area contributed by atoms with Crippen LogP contribution in [-0.4, -0.2) is 44.5 Å². The molecule has 1 N–H and O–H groups in total. The van der Waals surface area contributed by atoms with Gasteiger partial charge in [-0.1, -0.05) is 30.3 Å². The molecule has 0 spiro atoms. The second kappa shape index (κ2) is 10.2. The van der Waals surface area contributed by atoms with Crippen molar-refractivity contribution in [3.8, 4) is 28.5 Å². The average molecular weight is 474 g/mol. The molecule has 1 amide bonds. The first-order chi connectivity index (χ1) is 17.0. The Morgan fingerprint density at radius 2 is 1.51 bits per heavy atom. The highest BCUT2D eigenvalue weighted by Crippen LogP contribution is 2.34. The molecule has 0 bridgehead atoms. The van der Waals surface area contributed by atoms with Crippen LogP contribution < -0.4 is 19.5 Å². The molecule has 35 heavy (non-hydrogen) atoms. The minimum atomic E-state index is -0.447. The van der Waals surface area contributed by atoms with Crippen molar-refractivity contribution in [3.05, 3.63) is 83.8 Å². The molecule has 178 valence electrons. The highest BCUT2D eigenvalue weighted by molar-refractivity contribution is 6.02. The van der Waals surface area contributed by atoms with E-state index in [0.717, 1.165) is 0 Å². The van der Waals surface area contributed by atoms with E-state index in [1.165, 1.54) is 39.5 Å². The predicted octanol–water partition coefficient (Wildman–Crippen LogP) is 4.68. The number of halogens is 1. The Morgan fingerprint density at radius 3 is 2.26 bits per heavy atom. The highest BCUT2D eigenvalue weighted by atomic mass is 19.1. The van der Waals surface area contributed by atoms with Crippen LogP contribution in [0.15, 0.2) is 66.7 Å². The van der Waals surface area contributed by atoms with Crippen LogP contribution in [0.5, 0.6) is 17.2 Å². The van der Waals surface area contributed by atoms with Gasteiger partial charge in [-0.3, -0.25) is 9.59 Å². The van der Waals surface area contributed by atoms with E-state index in [2.05, 4.69) is 10.3 Å². The van der Waals surface area contributed by atoms with Gasteiger partial charge >= 0.3 is 0 Å². The molecule has 0 saturated heterocycles. The number of nitrogens with zero attached hydrogens (tertiary/aromatic N) is 1. The number of ether oxygens (including phenoxy) is 3. The fourth-order valence-corrected chi connectivity index (χ4v) is 3.77. The molecule has 1 heterocycles. The summed E-state index contributed by atoms with van der Waals surface area (Å²) in [7, 11) is 4.47. The fraction of sp³-hybridized carbons (Fsp3) is 0.148. The van der Waals surface area contributed by atoms with E-state index in [-0.39, 0.29) is 18.1 Å². The maximum Gasteiger partial charge on any atom is 0.251 e. The van der Waals surface area contributed by atoms with Gasteiger partial charge in [0, 0.05) is 16.5 Å². The summed E-state index contributed by atoms with van der Waals surface area (Å²) < 4.78 is 30.2. The molecular weight excluding hydrogens is 451 g/mol. The molecule has 4 rings (SSSR count). The van der Waals surface area contributed by atoms with E-state index in [0.29, 0.717) is 44.8 Å². The molecule has 3 aromatic carbocycles. The van der Waals surface area contributed by atoms with Crippen LogP contribution in [0.25, 0.3) is 22.0 Å². The number of ketones is 1. The Hall–Kier alpha value is -4.46. The third kappa shape index (κ3) is 4.77. The Balaban J connectivity index is 1.59. The number of methoxy groups -OCH3 is 3. The van der Waals surface area contributed by atoms with Crippen molar-refractivity contribution in [2.45, 2.75) is 0 Å². The molecule has 0 radical (unpaired) electrons. The number of benzene rings is 3. The quantitative estimate of drug-likeness (QED) is 0.373. The number of fused-ring (bicyclic) bond motifs is 1. The summed E-state index contributed by atoms with van der Waals surface area (Å²) in [4.78, 5) is 30.0. The Labute approximate surface area is 201 Å². The summed E-state index contributed by atoms with van der Waals surface area (Å²) in [5.74, 6) is 0.135. The van der Waals surface area contributed by atoms with Gasteiger partial charge in [-0.25, -0.2) is 9.37 Å². The standard InChI is InChI=1S/C27H23FN2O5/c1-33-23-12-10-16(14-25(23)35-3)27(32)29-15-22(31)21-11-13-24(34-2)26(30-21)19-8-4-7-18-17(19)6-5-9-20(18)28/h4-14H,15H2,1-3H3,(H,29,32). The van der Waals surface area contributed by atoms with Gasteiger partial charge in [-0.05, 0) is 41.8 Å². The van der Waals surface area contributed by atoms with Gasteiger partial charge in [0.05, 0.1) is 27.9 Å². The number of aromatic nitrogens is 1. The Morgan fingerprint density at radius 1 is 0.829 bits per heavy atom. The number of hydrogen-bond donors (Lipinski definition) is 1. The van der Waals surface area contributed by atoms with Crippen LogP contribution in [0, 0.1) is 5.82 Å². The van der Waals surface area contributed by atoms with E-state index in [1.807, 2.05) is 0 Å². The molecule has 0 aliphatic carbocycles.